The smallest absolute Gasteiger partial charge is 0.194 e. The van der Waals surface area contributed by atoms with Gasteiger partial charge in [-0.15, -0.1) is 0 Å². The van der Waals surface area contributed by atoms with Crippen molar-refractivity contribution in [1.29, 1.82) is 0 Å². The minimum Gasteiger partial charge on any atom is -0.357 e. The van der Waals surface area contributed by atoms with Gasteiger partial charge < -0.3 is 10.2 Å². The number of halogens is 1. The van der Waals surface area contributed by atoms with Crippen molar-refractivity contribution in [3.8, 4) is 0 Å². The molecule has 0 amide bonds. The number of guanidine groups is 1. The third kappa shape index (κ3) is 4.69. The lowest BCUT2D eigenvalue weighted by molar-refractivity contribution is 0.426. The van der Waals surface area contributed by atoms with Crippen LogP contribution in [0.5, 0.6) is 0 Å². The van der Waals surface area contributed by atoms with E-state index >= 15 is 0 Å². The zero-order valence-corrected chi connectivity index (χ0v) is 18.0. The topological polar surface area (TPSA) is 58.3 Å². The lowest BCUT2D eigenvalue weighted by Crippen LogP contribution is -2.40. The number of benzene rings is 1. The van der Waals surface area contributed by atoms with Crippen LogP contribution in [0.2, 0.25) is 0 Å². The van der Waals surface area contributed by atoms with E-state index in [4.69, 9.17) is 4.99 Å². The predicted octanol–water partition coefficient (Wildman–Crippen LogP) is 3.49. The Hall–Kier alpha value is -1.89. The molecular weight excluding hydrogens is 404 g/mol. The van der Waals surface area contributed by atoms with Crippen LogP contribution in [0.3, 0.4) is 0 Å². The van der Waals surface area contributed by atoms with Gasteiger partial charge in [0.05, 0.1) is 13.1 Å². The van der Waals surface area contributed by atoms with Crippen molar-refractivity contribution in [2.24, 2.45) is 12.0 Å². The number of rotatable bonds is 6. The molecule has 1 fully saturated rings. The summed E-state index contributed by atoms with van der Waals surface area (Å²) in [4.78, 5) is 11.5. The summed E-state index contributed by atoms with van der Waals surface area (Å²) in [6.07, 6.45) is 6.54. The van der Waals surface area contributed by atoms with E-state index in [1.54, 1.807) is 11.0 Å². The Morgan fingerprint density at radius 1 is 1.30 bits per heavy atom. The van der Waals surface area contributed by atoms with Gasteiger partial charge in [-0.3, -0.25) is 9.67 Å². The molecule has 146 valence electrons. The molecular formula is C20H29BrN6. The van der Waals surface area contributed by atoms with Crippen LogP contribution in [0.15, 0.2) is 40.1 Å². The van der Waals surface area contributed by atoms with Crippen LogP contribution in [0.4, 0.5) is 0 Å². The van der Waals surface area contributed by atoms with E-state index in [1.807, 2.05) is 7.05 Å². The fourth-order valence-corrected chi connectivity index (χ4v) is 4.10. The number of aryl methyl sites for hydroxylation is 1. The molecule has 1 saturated carbocycles. The lowest BCUT2D eigenvalue weighted by Gasteiger charge is -2.29. The van der Waals surface area contributed by atoms with Crippen molar-refractivity contribution in [3.05, 3.63) is 46.5 Å². The third-order valence-electron chi connectivity index (χ3n) is 5.43. The van der Waals surface area contributed by atoms with Gasteiger partial charge in [-0.2, -0.15) is 5.10 Å². The Morgan fingerprint density at radius 2 is 2.00 bits per heavy atom. The van der Waals surface area contributed by atoms with Crippen molar-refractivity contribution in [3.63, 3.8) is 0 Å². The number of aliphatic imine (C=N–C) groups is 1. The van der Waals surface area contributed by atoms with Crippen molar-refractivity contribution in [2.45, 2.75) is 44.6 Å². The molecule has 0 bridgehead atoms. The van der Waals surface area contributed by atoms with Crippen LogP contribution in [0, 0.1) is 0 Å². The summed E-state index contributed by atoms with van der Waals surface area (Å²) in [7, 11) is 3.97. The second kappa shape index (κ2) is 8.87. The van der Waals surface area contributed by atoms with Gasteiger partial charge in [0.2, 0.25) is 0 Å². The zero-order chi connectivity index (χ0) is 19.3. The molecule has 0 aliphatic heterocycles. The summed E-state index contributed by atoms with van der Waals surface area (Å²) in [6.45, 7) is 4.42. The molecule has 0 unspecified atom stereocenters. The highest BCUT2D eigenvalue weighted by Gasteiger charge is 2.35. The van der Waals surface area contributed by atoms with Crippen molar-refractivity contribution in [1.82, 2.24) is 25.0 Å². The fraction of sp³-hybridized carbons (Fsp3) is 0.550. The summed E-state index contributed by atoms with van der Waals surface area (Å²) < 4.78 is 2.93. The first kappa shape index (κ1) is 19.9. The van der Waals surface area contributed by atoms with Crippen LogP contribution in [0.1, 0.15) is 44.0 Å². The zero-order valence-electron chi connectivity index (χ0n) is 16.5. The van der Waals surface area contributed by atoms with Crippen molar-refractivity contribution >= 4 is 21.9 Å². The van der Waals surface area contributed by atoms with Crippen molar-refractivity contribution < 1.29 is 0 Å². The van der Waals surface area contributed by atoms with Crippen molar-refractivity contribution in [2.75, 3.05) is 20.1 Å². The van der Waals surface area contributed by atoms with Gasteiger partial charge in [-0.1, -0.05) is 40.9 Å². The summed E-state index contributed by atoms with van der Waals surface area (Å²) in [5.74, 6) is 1.84. The third-order valence-corrected chi connectivity index (χ3v) is 5.96. The number of hydrogen-bond donors (Lipinski definition) is 1. The van der Waals surface area contributed by atoms with E-state index in [0.29, 0.717) is 6.54 Å². The molecule has 1 aromatic heterocycles. The molecule has 6 nitrogen and oxygen atoms in total. The van der Waals surface area contributed by atoms with E-state index in [0.717, 1.165) is 29.3 Å². The second-order valence-corrected chi connectivity index (χ2v) is 8.24. The lowest BCUT2D eigenvalue weighted by atomic mass is 9.79. The first-order chi connectivity index (χ1) is 13.0. The summed E-state index contributed by atoms with van der Waals surface area (Å²) in [6, 6.07) is 8.79. The summed E-state index contributed by atoms with van der Waals surface area (Å²) in [5, 5.41) is 7.58. The Kier molecular flexibility index (Phi) is 6.52. The maximum atomic E-state index is 5.04. The highest BCUT2D eigenvalue weighted by atomic mass is 79.9. The molecule has 1 aliphatic carbocycles. The first-order valence-corrected chi connectivity index (χ1v) is 10.4. The molecule has 1 aliphatic rings. The molecule has 7 heteroatoms. The van der Waals surface area contributed by atoms with Crippen LogP contribution in [-0.4, -0.2) is 45.8 Å². The Labute approximate surface area is 170 Å². The SMILES string of the molecule is CCNC(=NCC1(c2ccc(Br)cc2)CCCC1)N(C)Cc1ncnn1C. The average Bonchev–Trinajstić information content (AvgIpc) is 3.29. The fourth-order valence-electron chi connectivity index (χ4n) is 3.84. The first-order valence-electron chi connectivity index (χ1n) is 9.62. The molecule has 0 saturated heterocycles. The molecule has 0 radical (unpaired) electrons. The van der Waals surface area contributed by atoms with E-state index in [2.05, 4.69) is 74.5 Å². The Bertz CT molecular complexity index is 761. The van der Waals surface area contributed by atoms with Crippen LogP contribution < -0.4 is 5.32 Å². The van der Waals surface area contributed by atoms with Gasteiger partial charge >= 0.3 is 0 Å². The maximum absolute atomic E-state index is 5.04. The maximum Gasteiger partial charge on any atom is 0.194 e. The molecule has 1 heterocycles. The largest absolute Gasteiger partial charge is 0.357 e. The summed E-state index contributed by atoms with van der Waals surface area (Å²) >= 11 is 3.55. The molecule has 2 aromatic rings. The van der Waals surface area contributed by atoms with Crippen LogP contribution in [0.25, 0.3) is 0 Å². The molecule has 3 rings (SSSR count). The summed E-state index contributed by atoms with van der Waals surface area (Å²) in [5.41, 5.74) is 1.55. The average molecular weight is 433 g/mol. The monoisotopic (exact) mass is 432 g/mol. The van der Waals surface area contributed by atoms with E-state index in [1.165, 1.54) is 31.2 Å². The minimum atomic E-state index is 0.146. The number of nitrogens with one attached hydrogen (secondary N) is 1. The Morgan fingerprint density at radius 3 is 2.59 bits per heavy atom. The quantitative estimate of drug-likeness (QED) is 0.560. The highest BCUT2D eigenvalue weighted by Crippen LogP contribution is 2.41. The Balaban J connectivity index is 1.79. The molecule has 1 N–H and O–H groups in total. The van der Waals surface area contributed by atoms with Gasteiger partial charge in [-0.25, -0.2) is 4.98 Å². The number of nitrogens with zero attached hydrogens (tertiary/aromatic N) is 5. The molecule has 27 heavy (non-hydrogen) atoms. The van der Waals surface area contributed by atoms with Crippen LogP contribution >= 0.6 is 15.9 Å². The van der Waals surface area contributed by atoms with Gasteiger partial charge in [-0.05, 0) is 37.5 Å². The molecule has 1 aromatic carbocycles. The normalized spacial score (nSPS) is 16.5. The van der Waals surface area contributed by atoms with E-state index in [9.17, 15) is 0 Å². The van der Waals surface area contributed by atoms with E-state index in [-0.39, 0.29) is 5.41 Å². The molecule has 0 atom stereocenters. The van der Waals surface area contributed by atoms with E-state index < -0.39 is 0 Å². The number of aromatic nitrogens is 3. The predicted molar refractivity (Wildman–Crippen MR) is 113 cm³/mol. The number of hydrogen-bond acceptors (Lipinski definition) is 3. The standard InChI is InChI=1S/C20H29BrN6/c1-4-22-19(26(2)13-18-24-15-25-27(18)3)23-14-20(11-5-6-12-20)16-7-9-17(21)10-8-16/h7-10,15H,4-6,11-14H2,1-3H3,(H,22,23). The molecule has 0 spiro atoms. The second-order valence-electron chi connectivity index (χ2n) is 7.32. The van der Waals surface area contributed by atoms with Gasteiger partial charge in [0, 0.05) is 30.5 Å². The van der Waals surface area contributed by atoms with Gasteiger partial charge in [0.25, 0.3) is 0 Å². The van der Waals surface area contributed by atoms with Gasteiger partial charge in [0.15, 0.2) is 5.96 Å². The van der Waals surface area contributed by atoms with Gasteiger partial charge in [0.1, 0.15) is 12.2 Å². The van der Waals surface area contributed by atoms with Crippen LogP contribution in [-0.2, 0) is 19.0 Å². The highest BCUT2D eigenvalue weighted by molar-refractivity contribution is 9.10. The minimum absolute atomic E-state index is 0.146.